The van der Waals surface area contributed by atoms with Crippen LogP contribution in [0.3, 0.4) is 0 Å². The van der Waals surface area contributed by atoms with Gasteiger partial charge in [0, 0.05) is 11.8 Å². The molecule has 0 aliphatic rings. The molecule has 0 radical (unpaired) electrons. The van der Waals surface area contributed by atoms with Crippen molar-refractivity contribution in [3.63, 3.8) is 0 Å². The van der Waals surface area contributed by atoms with Crippen LogP contribution in [0.15, 0.2) is 48.7 Å². The fraction of sp³-hybridized carbons (Fsp3) is 0.211. The Morgan fingerprint density at radius 2 is 2.08 bits per heavy atom. The van der Waals surface area contributed by atoms with Crippen molar-refractivity contribution < 1.29 is 9.53 Å². The van der Waals surface area contributed by atoms with E-state index in [2.05, 4.69) is 20.5 Å². The van der Waals surface area contributed by atoms with Gasteiger partial charge in [-0.2, -0.15) is 5.10 Å². The summed E-state index contributed by atoms with van der Waals surface area (Å²) in [6.45, 7) is 3.88. The molecule has 3 aromatic rings. The number of hydrogen-bond donors (Lipinski definition) is 2. The van der Waals surface area contributed by atoms with E-state index >= 15 is 0 Å². The molecule has 0 aliphatic heterocycles. The van der Waals surface area contributed by atoms with Crippen molar-refractivity contribution in [2.75, 3.05) is 7.11 Å². The minimum absolute atomic E-state index is 0.197. The number of carbonyl (C=O) groups is 1. The number of aromatic nitrogens is 3. The van der Waals surface area contributed by atoms with Gasteiger partial charge in [0.15, 0.2) is 0 Å². The highest BCUT2D eigenvalue weighted by Crippen LogP contribution is 2.23. The summed E-state index contributed by atoms with van der Waals surface area (Å²) in [5.41, 5.74) is 3.85. The third kappa shape index (κ3) is 3.68. The van der Waals surface area contributed by atoms with Gasteiger partial charge in [0.2, 0.25) is 0 Å². The maximum absolute atomic E-state index is 12.5. The van der Waals surface area contributed by atoms with Crippen molar-refractivity contribution in [3.05, 3.63) is 65.6 Å². The van der Waals surface area contributed by atoms with E-state index in [0.717, 1.165) is 22.6 Å². The number of aryl methyl sites for hydroxylation is 1. The Bertz CT molecular complexity index is 888. The number of benzene rings is 1. The number of methoxy groups -OCH3 is 1. The van der Waals surface area contributed by atoms with Gasteiger partial charge >= 0.3 is 0 Å². The number of ether oxygens (including phenoxy) is 1. The highest BCUT2D eigenvalue weighted by Gasteiger charge is 2.16. The summed E-state index contributed by atoms with van der Waals surface area (Å²) in [6, 6.07) is 12.9. The van der Waals surface area contributed by atoms with E-state index < -0.39 is 0 Å². The number of aromatic amines is 1. The Balaban J connectivity index is 1.75. The monoisotopic (exact) mass is 336 g/mol. The van der Waals surface area contributed by atoms with E-state index in [-0.39, 0.29) is 11.9 Å². The maximum atomic E-state index is 12.5. The summed E-state index contributed by atoms with van der Waals surface area (Å²) in [4.78, 5) is 16.8. The SMILES string of the molecule is COc1cccc(-c2cc(C(=O)N[C@@H](C)c3ncccc3C)[nH]n2)c1. The average molecular weight is 336 g/mol. The molecule has 3 rings (SSSR count). The van der Waals surface area contributed by atoms with Gasteiger partial charge in [-0.25, -0.2) is 0 Å². The van der Waals surface area contributed by atoms with E-state index in [1.807, 2.05) is 50.2 Å². The van der Waals surface area contributed by atoms with Crippen LogP contribution in [0.5, 0.6) is 5.75 Å². The highest BCUT2D eigenvalue weighted by atomic mass is 16.5. The van der Waals surface area contributed by atoms with Gasteiger partial charge in [-0.15, -0.1) is 0 Å². The molecule has 0 saturated carbocycles. The minimum Gasteiger partial charge on any atom is -0.497 e. The fourth-order valence-corrected chi connectivity index (χ4v) is 2.66. The smallest absolute Gasteiger partial charge is 0.269 e. The van der Waals surface area contributed by atoms with E-state index in [9.17, 15) is 4.79 Å². The van der Waals surface area contributed by atoms with Gasteiger partial charge in [-0.05, 0) is 43.7 Å². The quantitative estimate of drug-likeness (QED) is 0.749. The number of pyridine rings is 1. The second kappa shape index (κ2) is 7.17. The van der Waals surface area contributed by atoms with Crippen LogP contribution < -0.4 is 10.1 Å². The number of nitrogens with one attached hydrogen (secondary N) is 2. The Morgan fingerprint density at radius 1 is 1.24 bits per heavy atom. The number of carbonyl (C=O) groups excluding carboxylic acids is 1. The molecule has 0 bridgehead atoms. The van der Waals surface area contributed by atoms with Crippen LogP contribution in [0.25, 0.3) is 11.3 Å². The molecule has 2 aromatic heterocycles. The fourth-order valence-electron chi connectivity index (χ4n) is 2.66. The van der Waals surface area contributed by atoms with Gasteiger partial charge in [-0.3, -0.25) is 14.9 Å². The van der Waals surface area contributed by atoms with E-state index in [1.165, 1.54) is 0 Å². The zero-order valence-corrected chi connectivity index (χ0v) is 14.4. The van der Waals surface area contributed by atoms with Crippen molar-refractivity contribution in [2.24, 2.45) is 0 Å². The first-order valence-electron chi connectivity index (χ1n) is 8.00. The summed E-state index contributed by atoms with van der Waals surface area (Å²) in [6.07, 6.45) is 1.72. The molecule has 0 spiro atoms. The summed E-state index contributed by atoms with van der Waals surface area (Å²) in [5.74, 6) is 0.518. The number of nitrogens with zero attached hydrogens (tertiary/aromatic N) is 2. The topological polar surface area (TPSA) is 79.9 Å². The van der Waals surface area contributed by atoms with Crippen LogP contribution in [-0.4, -0.2) is 28.2 Å². The van der Waals surface area contributed by atoms with Gasteiger partial charge in [0.1, 0.15) is 11.4 Å². The van der Waals surface area contributed by atoms with Crippen LogP contribution in [0.1, 0.15) is 34.7 Å². The molecule has 25 heavy (non-hydrogen) atoms. The number of H-pyrrole nitrogens is 1. The van der Waals surface area contributed by atoms with Crippen molar-refractivity contribution >= 4 is 5.91 Å². The number of amides is 1. The van der Waals surface area contributed by atoms with Crippen LogP contribution in [0.2, 0.25) is 0 Å². The van der Waals surface area contributed by atoms with Crippen LogP contribution in [0.4, 0.5) is 0 Å². The predicted molar refractivity (Wildman–Crippen MR) is 95.4 cm³/mol. The van der Waals surface area contributed by atoms with E-state index in [1.54, 1.807) is 19.4 Å². The van der Waals surface area contributed by atoms with Crippen molar-refractivity contribution in [3.8, 4) is 17.0 Å². The molecule has 2 N–H and O–H groups in total. The lowest BCUT2D eigenvalue weighted by atomic mass is 10.1. The summed E-state index contributed by atoms with van der Waals surface area (Å²) in [7, 11) is 1.61. The van der Waals surface area contributed by atoms with E-state index in [4.69, 9.17) is 4.74 Å². The molecule has 1 aromatic carbocycles. The predicted octanol–water partition coefficient (Wildman–Crippen LogP) is 3.28. The summed E-state index contributed by atoms with van der Waals surface area (Å²) >= 11 is 0. The molecule has 0 fully saturated rings. The molecule has 0 saturated heterocycles. The maximum Gasteiger partial charge on any atom is 0.269 e. The highest BCUT2D eigenvalue weighted by molar-refractivity contribution is 5.93. The molecular formula is C19H20N4O2. The molecule has 0 aliphatic carbocycles. The number of hydrogen-bond acceptors (Lipinski definition) is 4. The van der Waals surface area contributed by atoms with Crippen molar-refractivity contribution in [1.82, 2.24) is 20.5 Å². The van der Waals surface area contributed by atoms with Crippen LogP contribution in [-0.2, 0) is 0 Å². The van der Waals surface area contributed by atoms with Gasteiger partial charge in [0.25, 0.3) is 5.91 Å². The standard InChI is InChI=1S/C19H20N4O2/c1-12-6-5-9-20-18(12)13(2)21-19(24)17-11-16(22-23-17)14-7-4-8-15(10-14)25-3/h4-11,13H,1-3H3,(H,21,24)(H,22,23)/t13-/m0/s1. The summed E-state index contributed by atoms with van der Waals surface area (Å²) < 4.78 is 5.22. The molecule has 128 valence electrons. The molecule has 0 unspecified atom stereocenters. The molecule has 1 amide bonds. The lowest BCUT2D eigenvalue weighted by Gasteiger charge is -2.14. The molecule has 2 heterocycles. The Hall–Kier alpha value is -3.15. The zero-order chi connectivity index (χ0) is 17.8. The Morgan fingerprint density at radius 3 is 2.84 bits per heavy atom. The lowest BCUT2D eigenvalue weighted by Crippen LogP contribution is -2.28. The summed E-state index contributed by atoms with van der Waals surface area (Å²) in [5, 5.41) is 9.96. The van der Waals surface area contributed by atoms with E-state index in [0.29, 0.717) is 11.4 Å². The Labute approximate surface area is 146 Å². The third-order valence-corrected chi connectivity index (χ3v) is 4.00. The first-order chi connectivity index (χ1) is 12.1. The van der Waals surface area contributed by atoms with Gasteiger partial charge in [0.05, 0.1) is 24.5 Å². The second-order valence-electron chi connectivity index (χ2n) is 5.80. The van der Waals surface area contributed by atoms with Gasteiger partial charge < -0.3 is 10.1 Å². The lowest BCUT2D eigenvalue weighted by molar-refractivity contribution is 0.0934. The van der Waals surface area contributed by atoms with Gasteiger partial charge in [-0.1, -0.05) is 18.2 Å². The Kier molecular flexibility index (Phi) is 4.79. The van der Waals surface area contributed by atoms with Crippen LogP contribution in [0, 0.1) is 6.92 Å². The van der Waals surface area contributed by atoms with Crippen molar-refractivity contribution in [1.29, 1.82) is 0 Å². The second-order valence-corrected chi connectivity index (χ2v) is 5.80. The zero-order valence-electron chi connectivity index (χ0n) is 14.4. The largest absolute Gasteiger partial charge is 0.497 e. The molecule has 1 atom stereocenters. The number of rotatable bonds is 5. The minimum atomic E-state index is -0.223. The molecule has 6 heteroatoms. The first-order valence-corrected chi connectivity index (χ1v) is 8.00. The first kappa shape index (κ1) is 16.7. The normalized spacial score (nSPS) is 11.8. The molecule has 6 nitrogen and oxygen atoms in total. The molecular weight excluding hydrogens is 316 g/mol. The average Bonchev–Trinajstić information content (AvgIpc) is 3.12. The van der Waals surface area contributed by atoms with Crippen molar-refractivity contribution in [2.45, 2.75) is 19.9 Å². The third-order valence-electron chi connectivity index (χ3n) is 4.00. The van der Waals surface area contributed by atoms with Crippen LogP contribution >= 0.6 is 0 Å².